The lowest BCUT2D eigenvalue weighted by Gasteiger charge is -2.58. The Labute approximate surface area is 252 Å². The number of carbonyl (C=O) groups is 2. The number of piperazine rings is 1. The molecule has 2 aromatic rings. The zero-order valence-corrected chi connectivity index (χ0v) is 25.0. The van der Waals surface area contributed by atoms with Crippen LogP contribution in [-0.2, 0) is 14.8 Å². The molecule has 4 aliphatic carbocycles. The van der Waals surface area contributed by atoms with Crippen molar-refractivity contribution in [3.05, 3.63) is 48.5 Å². The maximum Gasteiger partial charge on any atom is 0.322 e. The van der Waals surface area contributed by atoms with Crippen LogP contribution in [0.4, 0.5) is 27.5 Å². The van der Waals surface area contributed by atoms with Gasteiger partial charge < -0.3 is 25.3 Å². The van der Waals surface area contributed by atoms with Crippen molar-refractivity contribution in [2.45, 2.75) is 43.7 Å². The first-order chi connectivity index (χ1) is 20.6. The molecule has 6 aliphatic rings. The molecular weight excluding hydrogens is 570 g/mol. The monoisotopic (exact) mass is 609 g/mol. The van der Waals surface area contributed by atoms with Gasteiger partial charge in [0.15, 0.2) is 5.75 Å². The Bertz CT molecular complexity index is 1490. The van der Waals surface area contributed by atoms with Crippen molar-refractivity contribution < 1.29 is 28.2 Å². The Morgan fingerprint density at radius 1 is 0.837 bits per heavy atom. The largest absolute Gasteiger partial charge is 0.480 e. The van der Waals surface area contributed by atoms with Gasteiger partial charge in [-0.1, -0.05) is 12.1 Å². The van der Waals surface area contributed by atoms with Crippen LogP contribution in [0.25, 0.3) is 0 Å². The highest BCUT2D eigenvalue weighted by atomic mass is 32.2. The summed E-state index contributed by atoms with van der Waals surface area (Å²) in [5.41, 5.74) is 3.30. The average Bonchev–Trinajstić information content (AvgIpc) is 2.97. The molecule has 0 spiro atoms. The molecule has 2 amide bonds. The van der Waals surface area contributed by atoms with E-state index in [-0.39, 0.29) is 25.2 Å². The molecule has 8 rings (SSSR count). The highest BCUT2D eigenvalue weighted by molar-refractivity contribution is 7.89. The van der Waals surface area contributed by atoms with Crippen LogP contribution in [0.1, 0.15) is 32.1 Å². The Kier molecular flexibility index (Phi) is 7.05. The van der Waals surface area contributed by atoms with Crippen LogP contribution in [0.5, 0.6) is 0 Å². The lowest BCUT2D eigenvalue weighted by molar-refractivity contribution is -0.136. The van der Waals surface area contributed by atoms with Gasteiger partial charge in [-0.3, -0.25) is 9.69 Å². The molecule has 0 radical (unpaired) electrons. The van der Waals surface area contributed by atoms with Gasteiger partial charge in [0, 0.05) is 56.7 Å². The zero-order valence-electron chi connectivity index (χ0n) is 24.1. The highest BCUT2D eigenvalue weighted by Crippen LogP contribution is 2.55. The number of sulfonamides is 1. The molecule has 2 aromatic carbocycles. The maximum atomic E-state index is 13.7. The predicted octanol–water partition coefficient (Wildman–Crippen LogP) is 2.83. The maximum absolute atomic E-state index is 13.7. The Morgan fingerprint density at radius 2 is 1.47 bits per heavy atom. The lowest BCUT2D eigenvalue weighted by Crippen LogP contribution is -2.63. The van der Waals surface area contributed by atoms with E-state index in [4.69, 9.17) is 5.11 Å². The summed E-state index contributed by atoms with van der Waals surface area (Å²) in [4.78, 5) is 30.8. The Balaban J connectivity index is 1.02. The fraction of sp³-hybridized carbons (Fsp3) is 0.548. The summed E-state index contributed by atoms with van der Waals surface area (Å²) in [7, 11) is -3.81. The van der Waals surface area contributed by atoms with Gasteiger partial charge in [0.25, 0.3) is 0 Å². The number of carboxylic acid groups (broad SMARTS) is 1. The van der Waals surface area contributed by atoms with Gasteiger partial charge in [-0.05, 0) is 86.3 Å². The van der Waals surface area contributed by atoms with E-state index in [1.54, 1.807) is 0 Å². The smallest absolute Gasteiger partial charge is 0.322 e. The second-order valence-electron chi connectivity index (χ2n) is 13.0. The van der Waals surface area contributed by atoms with E-state index in [1.165, 1.54) is 4.31 Å². The third kappa shape index (κ3) is 5.33. The second-order valence-corrected chi connectivity index (χ2v) is 15.0. The first kappa shape index (κ1) is 28.4. The summed E-state index contributed by atoms with van der Waals surface area (Å²) in [6, 6.07) is 16.2. The number of rotatable bonds is 6. The molecular formula is C31H39N5O6S. The summed E-state index contributed by atoms with van der Waals surface area (Å²) in [5, 5.41) is 23.3. The number of urea groups is 1. The van der Waals surface area contributed by atoms with Crippen LogP contribution in [-0.4, -0.2) is 91.6 Å². The van der Waals surface area contributed by atoms with Gasteiger partial charge in [0.2, 0.25) is 10.0 Å². The molecule has 4 bridgehead atoms. The lowest BCUT2D eigenvalue weighted by atomic mass is 9.52. The minimum absolute atomic E-state index is 0.0589. The van der Waals surface area contributed by atoms with Crippen molar-refractivity contribution in [3.8, 4) is 0 Å². The summed E-state index contributed by atoms with van der Waals surface area (Å²) in [6.45, 7) is 2.65. The van der Waals surface area contributed by atoms with Crippen LogP contribution in [0, 0.1) is 17.8 Å². The second kappa shape index (κ2) is 10.7. The topological polar surface area (TPSA) is 134 Å². The Hall–Kier alpha value is -3.35. The van der Waals surface area contributed by atoms with Crippen LogP contribution >= 0.6 is 0 Å². The molecule has 2 heterocycles. The molecule has 4 saturated carbocycles. The van der Waals surface area contributed by atoms with E-state index in [1.807, 2.05) is 41.3 Å². The van der Waals surface area contributed by atoms with Crippen molar-refractivity contribution in [1.82, 2.24) is 9.62 Å². The number of amides is 2. The van der Waals surface area contributed by atoms with Crippen molar-refractivity contribution in [3.63, 3.8) is 0 Å². The van der Waals surface area contributed by atoms with Gasteiger partial charge in [-0.15, -0.1) is 0 Å². The summed E-state index contributed by atoms with van der Waals surface area (Å²) in [5.74, 6) is -0.926. The summed E-state index contributed by atoms with van der Waals surface area (Å²) >= 11 is 0. The minimum Gasteiger partial charge on any atom is -0.480 e. The van der Waals surface area contributed by atoms with Crippen molar-refractivity contribution >= 4 is 44.8 Å². The summed E-state index contributed by atoms with van der Waals surface area (Å²) < 4.78 is 25.8. The first-order valence-electron chi connectivity index (χ1n) is 15.3. The van der Waals surface area contributed by atoms with Gasteiger partial charge in [0.1, 0.15) is 0 Å². The normalized spacial score (nSPS) is 30.3. The number of nitrogens with zero attached hydrogens (tertiary/aromatic N) is 4. The van der Waals surface area contributed by atoms with Crippen molar-refractivity contribution in [1.29, 1.82) is 0 Å². The Morgan fingerprint density at radius 3 is 2.09 bits per heavy atom. The number of carbonyl (C=O) groups excluding carboxylic acids is 1. The van der Waals surface area contributed by atoms with Gasteiger partial charge >= 0.3 is 12.0 Å². The van der Waals surface area contributed by atoms with E-state index in [0.29, 0.717) is 43.9 Å². The number of anilines is 4. The molecule has 3 N–H and O–H groups in total. The molecule has 5 fully saturated rings. The van der Waals surface area contributed by atoms with Gasteiger partial charge in [0.05, 0.1) is 17.0 Å². The fourth-order valence-corrected chi connectivity index (χ4v) is 9.81. The van der Waals surface area contributed by atoms with Crippen LogP contribution < -0.4 is 20.0 Å². The van der Waals surface area contributed by atoms with Crippen LogP contribution in [0.2, 0.25) is 0 Å². The molecule has 230 valence electrons. The van der Waals surface area contributed by atoms with Crippen molar-refractivity contribution in [2.24, 2.45) is 17.8 Å². The first-order valence-corrected chi connectivity index (χ1v) is 16.9. The van der Waals surface area contributed by atoms with Gasteiger partial charge in [-0.2, -0.15) is 4.31 Å². The van der Waals surface area contributed by atoms with E-state index in [2.05, 4.69) is 27.2 Å². The van der Waals surface area contributed by atoms with E-state index < -0.39 is 27.3 Å². The van der Waals surface area contributed by atoms with E-state index in [0.717, 1.165) is 54.9 Å². The molecule has 11 nitrogen and oxygen atoms in total. The number of hydrogen-bond donors (Lipinski definition) is 3. The number of aliphatic hydroxyl groups is 1. The highest BCUT2D eigenvalue weighted by Gasteiger charge is 2.55. The quantitative estimate of drug-likeness (QED) is 0.456. The number of para-hydroxylation sites is 2. The minimum atomic E-state index is -3.81. The number of aliphatic carboxylic acids is 1. The molecule has 12 heteroatoms. The SMILES string of the molecule is O=C(O)CS(=O)(=O)N1CCN(c2ccc(N3CCN(C(=O)NC4[C@@H]5CC6C[C@H]4CC(O)(C6)C5)c4ccccc43)cc2)CC1. The van der Waals surface area contributed by atoms with Crippen LogP contribution in [0.15, 0.2) is 48.5 Å². The average molecular weight is 610 g/mol. The van der Waals surface area contributed by atoms with Gasteiger partial charge in [-0.25, -0.2) is 13.2 Å². The third-order valence-corrected chi connectivity index (χ3v) is 12.0. The predicted molar refractivity (Wildman–Crippen MR) is 163 cm³/mol. The number of nitrogens with one attached hydrogen (secondary N) is 1. The zero-order chi connectivity index (χ0) is 29.9. The summed E-state index contributed by atoms with van der Waals surface area (Å²) in [6.07, 6.45) is 4.72. The molecule has 2 aliphatic heterocycles. The number of carboxylic acids is 1. The number of hydrogen-bond acceptors (Lipinski definition) is 7. The number of fused-ring (bicyclic) bond motifs is 1. The molecule has 3 unspecified atom stereocenters. The van der Waals surface area contributed by atoms with E-state index in [9.17, 15) is 23.1 Å². The number of benzene rings is 2. The van der Waals surface area contributed by atoms with Crippen molar-refractivity contribution in [2.75, 3.05) is 59.7 Å². The third-order valence-electron chi connectivity index (χ3n) is 10.3. The molecule has 1 saturated heterocycles. The van der Waals surface area contributed by atoms with Crippen LogP contribution in [0.3, 0.4) is 0 Å². The fourth-order valence-electron chi connectivity index (χ4n) is 8.59. The molecule has 5 atom stereocenters. The molecule has 0 aromatic heterocycles. The molecule has 43 heavy (non-hydrogen) atoms. The van der Waals surface area contributed by atoms with E-state index >= 15 is 0 Å². The standard InChI is InChI=1S/C31H39N5O6S/c37-28(38)20-43(41,42)34-11-9-33(10-12-34)24-5-7-25(8-6-24)35-13-14-36(27-4-2-1-3-26(27)35)30(39)32-29-22-15-21-16-23(29)19-31(40,17-21)18-22/h1-8,21-23,29,40H,9-20H2,(H,32,39)(H,37,38)/t21?,22-,23+,29?,31?.